The highest BCUT2D eigenvalue weighted by Crippen LogP contribution is 2.25. The number of benzene rings is 1. The maximum atomic E-state index is 11.4. The minimum atomic E-state index is -3.72. The summed E-state index contributed by atoms with van der Waals surface area (Å²) in [5, 5.41) is 9.16. The summed E-state index contributed by atoms with van der Waals surface area (Å²) in [5.41, 5.74) is 2.55. The highest BCUT2D eigenvalue weighted by molar-refractivity contribution is 7.89. The van der Waals surface area contributed by atoms with Gasteiger partial charge in [-0.05, 0) is 37.1 Å². The van der Waals surface area contributed by atoms with Crippen molar-refractivity contribution in [3.8, 4) is 0 Å². The lowest BCUT2D eigenvalue weighted by Gasteiger charge is -2.12. The van der Waals surface area contributed by atoms with Crippen LogP contribution in [0, 0.1) is 13.8 Å². The summed E-state index contributed by atoms with van der Waals surface area (Å²) >= 11 is 7.19. The molecule has 1 aromatic heterocycles. The molecule has 0 atom stereocenters. The van der Waals surface area contributed by atoms with Gasteiger partial charge in [-0.2, -0.15) is 0 Å². The molecule has 0 saturated carbocycles. The summed E-state index contributed by atoms with van der Waals surface area (Å²) < 4.78 is 23.5. The quantitative estimate of drug-likeness (QED) is 0.902. The van der Waals surface area contributed by atoms with Gasteiger partial charge >= 0.3 is 0 Å². The molecule has 0 saturated heterocycles. The number of nitrogens with one attached hydrogen (secondary N) is 1. The number of rotatable bonds is 4. The molecule has 1 aromatic carbocycles. The number of aromatic nitrogens is 1. The molecular weight excluding hydrogens is 318 g/mol. The van der Waals surface area contributed by atoms with E-state index < -0.39 is 10.0 Å². The molecule has 2 aromatic rings. The number of primary sulfonamides is 1. The highest BCUT2D eigenvalue weighted by atomic mass is 35.5. The predicted molar refractivity (Wildman–Crippen MR) is 81.7 cm³/mol. The molecule has 1 heterocycles. The smallest absolute Gasteiger partial charge is 0.238 e. The Bertz CT molecular complexity index is 741. The molecule has 0 amide bonds. The van der Waals surface area contributed by atoms with Crippen molar-refractivity contribution in [1.82, 2.24) is 4.98 Å². The van der Waals surface area contributed by atoms with Crippen LogP contribution in [0.3, 0.4) is 0 Å². The van der Waals surface area contributed by atoms with E-state index in [0.717, 1.165) is 21.8 Å². The van der Waals surface area contributed by atoms with E-state index in [2.05, 4.69) is 10.3 Å². The Labute approximate surface area is 126 Å². The fourth-order valence-corrected chi connectivity index (χ4v) is 3.23. The lowest BCUT2D eigenvalue weighted by Crippen LogP contribution is -2.13. The fourth-order valence-electron chi connectivity index (χ4n) is 1.71. The third-order valence-corrected chi connectivity index (χ3v) is 4.93. The number of nitrogens with zero attached hydrogens (tertiary/aromatic N) is 1. The van der Waals surface area contributed by atoms with E-state index in [1.165, 1.54) is 17.4 Å². The van der Waals surface area contributed by atoms with Crippen LogP contribution in [-0.4, -0.2) is 13.4 Å². The van der Waals surface area contributed by atoms with E-state index >= 15 is 0 Å². The normalized spacial score (nSPS) is 11.6. The van der Waals surface area contributed by atoms with E-state index in [0.29, 0.717) is 10.9 Å². The van der Waals surface area contributed by atoms with Crippen molar-refractivity contribution < 1.29 is 8.42 Å². The Hall–Kier alpha value is -1.15. The molecule has 5 nitrogen and oxygen atoms in total. The first kappa shape index (κ1) is 15.2. The average Bonchev–Trinajstić information content (AvgIpc) is 2.75. The number of hydrogen-bond acceptors (Lipinski definition) is 5. The van der Waals surface area contributed by atoms with Gasteiger partial charge in [-0.3, -0.25) is 0 Å². The van der Waals surface area contributed by atoms with E-state index in [-0.39, 0.29) is 4.90 Å². The zero-order valence-corrected chi connectivity index (χ0v) is 13.4. The van der Waals surface area contributed by atoms with E-state index in [1.807, 2.05) is 13.8 Å². The van der Waals surface area contributed by atoms with Crippen molar-refractivity contribution >= 4 is 38.6 Å². The molecule has 0 aliphatic heterocycles. The Kier molecular flexibility index (Phi) is 4.33. The molecule has 2 rings (SSSR count). The summed E-state index contributed by atoms with van der Waals surface area (Å²) in [7, 11) is -3.72. The number of hydrogen-bond donors (Lipinski definition) is 2. The van der Waals surface area contributed by atoms with Crippen LogP contribution in [0.25, 0.3) is 0 Å². The van der Waals surface area contributed by atoms with E-state index in [9.17, 15) is 8.42 Å². The van der Waals surface area contributed by atoms with Crippen molar-refractivity contribution in [3.05, 3.63) is 38.8 Å². The van der Waals surface area contributed by atoms with Gasteiger partial charge in [-0.15, -0.1) is 11.3 Å². The number of halogens is 1. The van der Waals surface area contributed by atoms with Gasteiger partial charge in [0.1, 0.15) is 9.34 Å². The SMILES string of the molecule is Cc1cc(S(N)(=O)=O)cc(NCc2ncc(Cl)s2)c1C. The molecule has 0 unspecified atom stereocenters. The second-order valence-corrected chi connectivity index (χ2v) is 7.68. The fraction of sp³-hybridized carbons (Fsp3) is 0.250. The number of sulfonamides is 1. The van der Waals surface area contributed by atoms with Gasteiger partial charge in [0.2, 0.25) is 10.0 Å². The minimum Gasteiger partial charge on any atom is -0.378 e. The maximum Gasteiger partial charge on any atom is 0.238 e. The van der Waals surface area contributed by atoms with Gasteiger partial charge in [0.25, 0.3) is 0 Å². The number of aryl methyl sites for hydroxylation is 1. The molecular formula is C12H14ClN3O2S2. The summed E-state index contributed by atoms with van der Waals surface area (Å²) in [6, 6.07) is 3.10. The summed E-state index contributed by atoms with van der Waals surface area (Å²) in [6.45, 7) is 4.24. The maximum absolute atomic E-state index is 11.4. The first-order valence-corrected chi connectivity index (χ1v) is 8.49. The average molecular weight is 332 g/mol. The van der Waals surface area contributed by atoms with Crippen LogP contribution >= 0.6 is 22.9 Å². The van der Waals surface area contributed by atoms with Crippen LogP contribution in [0.2, 0.25) is 4.34 Å². The Balaban J connectivity index is 2.29. The van der Waals surface area contributed by atoms with Crippen LogP contribution in [0.4, 0.5) is 5.69 Å². The third kappa shape index (κ3) is 3.49. The van der Waals surface area contributed by atoms with Crippen LogP contribution in [0.5, 0.6) is 0 Å². The van der Waals surface area contributed by atoms with Gasteiger partial charge in [0.15, 0.2) is 0 Å². The first-order chi connectivity index (χ1) is 9.27. The molecule has 0 spiro atoms. The number of anilines is 1. The molecule has 0 bridgehead atoms. The number of thiazole rings is 1. The van der Waals surface area contributed by atoms with Crippen molar-refractivity contribution in [2.24, 2.45) is 5.14 Å². The molecule has 108 valence electrons. The zero-order chi connectivity index (χ0) is 14.9. The second kappa shape index (κ2) is 5.69. The predicted octanol–water partition coefficient (Wildman–Crippen LogP) is 2.67. The molecule has 20 heavy (non-hydrogen) atoms. The third-order valence-electron chi connectivity index (χ3n) is 2.92. The Morgan fingerprint density at radius 2 is 2.10 bits per heavy atom. The van der Waals surface area contributed by atoms with Crippen LogP contribution in [-0.2, 0) is 16.6 Å². The van der Waals surface area contributed by atoms with Gasteiger partial charge in [-0.1, -0.05) is 11.6 Å². The van der Waals surface area contributed by atoms with Gasteiger partial charge < -0.3 is 5.32 Å². The molecule has 0 fully saturated rings. The van der Waals surface area contributed by atoms with Crippen LogP contribution in [0.15, 0.2) is 23.2 Å². The molecule has 0 aliphatic carbocycles. The van der Waals surface area contributed by atoms with Gasteiger partial charge in [-0.25, -0.2) is 18.5 Å². The van der Waals surface area contributed by atoms with Gasteiger partial charge in [0.05, 0.1) is 17.6 Å². The van der Waals surface area contributed by atoms with Gasteiger partial charge in [0, 0.05) is 5.69 Å². The Morgan fingerprint density at radius 3 is 2.65 bits per heavy atom. The van der Waals surface area contributed by atoms with Crippen molar-refractivity contribution in [2.45, 2.75) is 25.3 Å². The number of nitrogens with two attached hydrogens (primary N) is 1. The van der Waals surface area contributed by atoms with E-state index in [4.69, 9.17) is 16.7 Å². The topological polar surface area (TPSA) is 85.1 Å². The highest BCUT2D eigenvalue weighted by Gasteiger charge is 2.12. The lowest BCUT2D eigenvalue weighted by atomic mass is 10.1. The standard InChI is InChI=1S/C12H14ClN3O2S2/c1-7-3-9(20(14,17)18)4-10(8(7)2)15-6-12-16-5-11(13)19-12/h3-5,15H,6H2,1-2H3,(H2,14,17,18). The zero-order valence-electron chi connectivity index (χ0n) is 11.0. The lowest BCUT2D eigenvalue weighted by molar-refractivity contribution is 0.597. The molecule has 8 heteroatoms. The largest absolute Gasteiger partial charge is 0.378 e. The molecule has 0 aliphatic rings. The first-order valence-electron chi connectivity index (χ1n) is 5.75. The van der Waals surface area contributed by atoms with Crippen molar-refractivity contribution in [1.29, 1.82) is 0 Å². The summed E-state index contributed by atoms with van der Waals surface area (Å²) in [4.78, 5) is 4.23. The summed E-state index contributed by atoms with van der Waals surface area (Å²) in [6.07, 6.45) is 1.59. The Morgan fingerprint density at radius 1 is 1.40 bits per heavy atom. The second-order valence-electron chi connectivity index (χ2n) is 4.37. The molecule has 0 radical (unpaired) electrons. The van der Waals surface area contributed by atoms with Crippen molar-refractivity contribution in [2.75, 3.05) is 5.32 Å². The molecule has 3 N–H and O–H groups in total. The minimum absolute atomic E-state index is 0.0975. The van der Waals surface area contributed by atoms with Crippen LogP contribution < -0.4 is 10.5 Å². The monoisotopic (exact) mass is 331 g/mol. The van der Waals surface area contributed by atoms with Crippen molar-refractivity contribution in [3.63, 3.8) is 0 Å². The van der Waals surface area contributed by atoms with E-state index in [1.54, 1.807) is 12.3 Å². The summed E-state index contributed by atoms with van der Waals surface area (Å²) in [5.74, 6) is 0. The van der Waals surface area contributed by atoms with Crippen LogP contribution in [0.1, 0.15) is 16.1 Å².